The van der Waals surface area contributed by atoms with E-state index in [2.05, 4.69) is 48.5 Å². The predicted octanol–water partition coefficient (Wildman–Crippen LogP) is 3.08. The normalized spacial score (nSPS) is 12.7. The number of hydrogen-bond acceptors (Lipinski definition) is 2. The van der Waals surface area contributed by atoms with Gasteiger partial charge in [-0.25, -0.2) is 4.98 Å². The van der Waals surface area contributed by atoms with Gasteiger partial charge in [-0.05, 0) is 50.8 Å². The maximum atomic E-state index is 6.05. The third-order valence-electron chi connectivity index (χ3n) is 3.81. The van der Waals surface area contributed by atoms with Crippen molar-refractivity contribution < 1.29 is 0 Å². The van der Waals surface area contributed by atoms with Gasteiger partial charge in [-0.2, -0.15) is 0 Å². The van der Waals surface area contributed by atoms with E-state index in [-0.39, 0.29) is 6.04 Å². The molecule has 2 N–H and O–H groups in total. The molecule has 3 nitrogen and oxygen atoms in total. The van der Waals surface area contributed by atoms with Gasteiger partial charge < -0.3 is 10.3 Å². The van der Waals surface area contributed by atoms with Gasteiger partial charge in [0.1, 0.15) is 0 Å². The van der Waals surface area contributed by atoms with Crippen molar-refractivity contribution in [1.29, 1.82) is 0 Å². The summed E-state index contributed by atoms with van der Waals surface area (Å²) in [4.78, 5) is 4.38. The molecule has 0 fully saturated rings. The number of aromatic nitrogens is 2. The fourth-order valence-electron chi connectivity index (χ4n) is 2.23. The topological polar surface area (TPSA) is 43.8 Å². The Kier molecular flexibility index (Phi) is 4.05. The summed E-state index contributed by atoms with van der Waals surface area (Å²) in [5.41, 5.74) is 12.1. The molecule has 0 aliphatic heterocycles. The van der Waals surface area contributed by atoms with Gasteiger partial charge in [0.2, 0.25) is 0 Å². The molecule has 2 aromatic rings. The molecular weight excluding hydrogens is 234 g/mol. The molecule has 0 spiro atoms. The van der Waals surface area contributed by atoms with Crippen molar-refractivity contribution in [2.45, 2.75) is 46.6 Å². The molecule has 19 heavy (non-hydrogen) atoms. The van der Waals surface area contributed by atoms with Crippen LogP contribution in [0.2, 0.25) is 0 Å². The summed E-state index contributed by atoms with van der Waals surface area (Å²) in [6, 6.07) is 6.81. The van der Waals surface area contributed by atoms with Crippen LogP contribution in [0.15, 0.2) is 24.5 Å². The largest absolute Gasteiger partial charge is 0.327 e. The number of imidazole rings is 1. The zero-order valence-corrected chi connectivity index (χ0v) is 12.3. The van der Waals surface area contributed by atoms with Crippen LogP contribution >= 0.6 is 0 Å². The van der Waals surface area contributed by atoms with Crippen LogP contribution in [-0.2, 0) is 6.42 Å². The molecule has 1 heterocycles. The summed E-state index contributed by atoms with van der Waals surface area (Å²) in [7, 11) is 0. The monoisotopic (exact) mass is 257 g/mol. The number of hydrogen-bond donors (Lipinski definition) is 1. The summed E-state index contributed by atoms with van der Waals surface area (Å²) >= 11 is 0. The minimum absolute atomic E-state index is 0.237. The quantitative estimate of drug-likeness (QED) is 0.914. The van der Waals surface area contributed by atoms with Crippen molar-refractivity contribution in [2.24, 2.45) is 5.73 Å². The van der Waals surface area contributed by atoms with E-state index in [0.717, 1.165) is 18.5 Å². The van der Waals surface area contributed by atoms with Crippen molar-refractivity contribution in [3.8, 4) is 5.69 Å². The van der Waals surface area contributed by atoms with Gasteiger partial charge in [0.15, 0.2) is 0 Å². The first-order chi connectivity index (χ1) is 9.02. The fourth-order valence-corrected chi connectivity index (χ4v) is 2.23. The minimum atomic E-state index is 0.237. The Labute approximate surface area is 115 Å². The van der Waals surface area contributed by atoms with Gasteiger partial charge in [-0.1, -0.05) is 19.1 Å². The molecule has 0 aliphatic rings. The molecule has 2 rings (SSSR count). The lowest BCUT2D eigenvalue weighted by Gasteiger charge is -2.14. The number of nitrogens with zero attached hydrogens (tertiary/aromatic N) is 2. The second-order valence-corrected chi connectivity index (χ2v) is 5.28. The van der Waals surface area contributed by atoms with E-state index >= 15 is 0 Å². The molecule has 0 aliphatic carbocycles. The Morgan fingerprint density at radius 3 is 2.58 bits per heavy atom. The second-order valence-electron chi connectivity index (χ2n) is 5.28. The molecule has 0 radical (unpaired) electrons. The number of benzene rings is 1. The van der Waals surface area contributed by atoms with Crippen molar-refractivity contribution in [2.75, 3.05) is 0 Å². The molecule has 1 aromatic heterocycles. The van der Waals surface area contributed by atoms with Gasteiger partial charge >= 0.3 is 0 Å². The summed E-state index contributed by atoms with van der Waals surface area (Å²) in [6.45, 7) is 8.40. The van der Waals surface area contributed by atoms with E-state index in [1.165, 1.54) is 22.5 Å². The maximum absolute atomic E-state index is 6.05. The second kappa shape index (κ2) is 5.57. The van der Waals surface area contributed by atoms with Crippen LogP contribution < -0.4 is 5.73 Å². The van der Waals surface area contributed by atoms with E-state index in [4.69, 9.17) is 5.73 Å². The Morgan fingerprint density at radius 2 is 2.00 bits per heavy atom. The SMILES string of the molecule is CCC(N)Cc1ccc(C)c(-n2cnc(C)c2C)c1. The van der Waals surface area contributed by atoms with Crippen LogP contribution in [0, 0.1) is 20.8 Å². The lowest BCUT2D eigenvalue weighted by atomic mass is 10.0. The van der Waals surface area contributed by atoms with E-state index < -0.39 is 0 Å². The molecule has 0 amide bonds. The van der Waals surface area contributed by atoms with Crippen LogP contribution in [0.1, 0.15) is 35.9 Å². The average Bonchev–Trinajstić information content (AvgIpc) is 2.72. The van der Waals surface area contributed by atoms with Gasteiger partial charge in [0.05, 0.1) is 12.0 Å². The smallest absolute Gasteiger partial charge is 0.0997 e. The molecule has 1 aromatic carbocycles. The van der Waals surface area contributed by atoms with Crippen LogP contribution in [-0.4, -0.2) is 15.6 Å². The lowest BCUT2D eigenvalue weighted by molar-refractivity contribution is 0.646. The molecule has 0 bridgehead atoms. The van der Waals surface area contributed by atoms with Gasteiger partial charge in [0.25, 0.3) is 0 Å². The van der Waals surface area contributed by atoms with Crippen molar-refractivity contribution in [3.63, 3.8) is 0 Å². The number of rotatable bonds is 4. The third kappa shape index (κ3) is 2.87. The number of nitrogens with two attached hydrogens (primary N) is 1. The maximum Gasteiger partial charge on any atom is 0.0997 e. The molecule has 3 heteroatoms. The lowest BCUT2D eigenvalue weighted by Crippen LogP contribution is -2.21. The third-order valence-corrected chi connectivity index (χ3v) is 3.81. The highest BCUT2D eigenvalue weighted by Crippen LogP contribution is 2.20. The molecule has 0 saturated heterocycles. The van der Waals surface area contributed by atoms with Gasteiger partial charge in [0, 0.05) is 17.4 Å². The predicted molar refractivity (Wildman–Crippen MR) is 79.7 cm³/mol. The first-order valence-corrected chi connectivity index (χ1v) is 6.89. The molecule has 102 valence electrons. The highest BCUT2D eigenvalue weighted by molar-refractivity contribution is 5.45. The van der Waals surface area contributed by atoms with Crippen LogP contribution in [0.3, 0.4) is 0 Å². The zero-order valence-electron chi connectivity index (χ0n) is 12.3. The molecule has 1 unspecified atom stereocenters. The standard InChI is InChI=1S/C16H23N3/c1-5-15(17)8-14-7-6-11(2)16(9-14)19-10-18-12(3)13(19)4/h6-7,9-10,15H,5,8,17H2,1-4H3. The van der Waals surface area contributed by atoms with Crippen LogP contribution in [0.5, 0.6) is 0 Å². The minimum Gasteiger partial charge on any atom is -0.327 e. The Bertz CT molecular complexity index is 569. The molecule has 1 atom stereocenters. The van der Waals surface area contributed by atoms with Crippen molar-refractivity contribution >= 4 is 0 Å². The Morgan fingerprint density at radius 1 is 1.26 bits per heavy atom. The van der Waals surface area contributed by atoms with Gasteiger partial charge in [-0.15, -0.1) is 0 Å². The first-order valence-electron chi connectivity index (χ1n) is 6.89. The molecular formula is C16H23N3. The van der Waals surface area contributed by atoms with Crippen molar-refractivity contribution in [3.05, 3.63) is 47.0 Å². The fraction of sp³-hybridized carbons (Fsp3) is 0.438. The van der Waals surface area contributed by atoms with E-state index in [0.29, 0.717) is 0 Å². The molecule has 0 saturated carbocycles. The highest BCUT2D eigenvalue weighted by atomic mass is 15.1. The summed E-state index contributed by atoms with van der Waals surface area (Å²) in [6.07, 6.45) is 3.83. The van der Waals surface area contributed by atoms with E-state index in [9.17, 15) is 0 Å². The Hall–Kier alpha value is -1.61. The average molecular weight is 257 g/mol. The van der Waals surface area contributed by atoms with Crippen LogP contribution in [0.25, 0.3) is 5.69 Å². The first kappa shape index (κ1) is 13.8. The summed E-state index contributed by atoms with van der Waals surface area (Å²) in [5, 5.41) is 0. The summed E-state index contributed by atoms with van der Waals surface area (Å²) in [5.74, 6) is 0. The number of aryl methyl sites for hydroxylation is 2. The van der Waals surface area contributed by atoms with Gasteiger partial charge in [-0.3, -0.25) is 0 Å². The summed E-state index contributed by atoms with van der Waals surface area (Å²) < 4.78 is 2.16. The van der Waals surface area contributed by atoms with Crippen LogP contribution in [0.4, 0.5) is 0 Å². The van der Waals surface area contributed by atoms with Crippen molar-refractivity contribution in [1.82, 2.24) is 9.55 Å². The Balaban J connectivity index is 2.40. The van der Waals surface area contributed by atoms with E-state index in [1.807, 2.05) is 13.3 Å². The zero-order chi connectivity index (χ0) is 14.0. The van der Waals surface area contributed by atoms with E-state index in [1.54, 1.807) is 0 Å². The highest BCUT2D eigenvalue weighted by Gasteiger charge is 2.09.